The van der Waals surface area contributed by atoms with E-state index in [-0.39, 0.29) is 6.10 Å². The minimum Gasteiger partial charge on any atom is -0.497 e. The van der Waals surface area contributed by atoms with Crippen molar-refractivity contribution in [3.05, 3.63) is 18.2 Å². The normalized spacial score (nSPS) is 17.9. The molecule has 0 radical (unpaired) electrons. The van der Waals surface area contributed by atoms with Crippen LogP contribution in [0.3, 0.4) is 0 Å². The fourth-order valence-corrected chi connectivity index (χ4v) is 2.16. The van der Waals surface area contributed by atoms with Gasteiger partial charge in [-0.3, -0.25) is 5.32 Å². The molecule has 2 N–H and O–H groups in total. The van der Waals surface area contributed by atoms with Gasteiger partial charge in [0.1, 0.15) is 23.2 Å². The molecular formula is C16H24N2O4. The zero-order valence-electron chi connectivity index (χ0n) is 13.6. The third kappa shape index (κ3) is 4.80. The van der Waals surface area contributed by atoms with Crippen LogP contribution >= 0.6 is 0 Å². The van der Waals surface area contributed by atoms with Gasteiger partial charge in [0.15, 0.2) is 0 Å². The van der Waals surface area contributed by atoms with Crippen LogP contribution in [0.15, 0.2) is 18.2 Å². The summed E-state index contributed by atoms with van der Waals surface area (Å²) in [6.07, 6.45) is 0.528. The lowest BCUT2D eigenvalue weighted by molar-refractivity contribution is 0.0635. The first-order valence-corrected chi connectivity index (χ1v) is 7.43. The highest BCUT2D eigenvalue weighted by Gasteiger charge is 2.21. The molecule has 1 aromatic carbocycles. The van der Waals surface area contributed by atoms with E-state index < -0.39 is 11.7 Å². The molecule has 1 aromatic rings. The molecule has 1 fully saturated rings. The molecule has 0 aromatic heterocycles. The Kier molecular flexibility index (Phi) is 5.13. The first-order chi connectivity index (χ1) is 10.4. The summed E-state index contributed by atoms with van der Waals surface area (Å²) in [4.78, 5) is 12.0. The number of hydrogen-bond acceptors (Lipinski definition) is 5. The highest BCUT2D eigenvalue weighted by molar-refractivity contribution is 5.87. The number of carbonyl (C=O) groups is 1. The van der Waals surface area contributed by atoms with Crippen LogP contribution < -0.4 is 20.1 Å². The average Bonchev–Trinajstić information content (AvgIpc) is 2.91. The van der Waals surface area contributed by atoms with Crippen LogP contribution in [0.1, 0.15) is 27.2 Å². The molecule has 6 heteroatoms. The Morgan fingerprint density at radius 2 is 2.14 bits per heavy atom. The van der Waals surface area contributed by atoms with E-state index in [0.717, 1.165) is 19.5 Å². The van der Waals surface area contributed by atoms with E-state index in [0.29, 0.717) is 17.2 Å². The third-order valence-electron chi connectivity index (χ3n) is 3.13. The molecule has 0 bridgehead atoms. The summed E-state index contributed by atoms with van der Waals surface area (Å²) >= 11 is 0. The topological polar surface area (TPSA) is 68.8 Å². The van der Waals surface area contributed by atoms with Gasteiger partial charge in [-0.25, -0.2) is 4.79 Å². The van der Waals surface area contributed by atoms with Crippen LogP contribution in [0.2, 0.25) is 0 Å². The number of anilines is 1. The summed E-state index contributed by atoms with van der Waals surface area (Å²) in [5.41, 5.74) is -0.0141. The average molecular weight is 308 g/mol. The molecule has 0 aliphatic carbocycles. The van der Waals surface area contributed by atoms with Crippen LogP contribution in [0, 0.1) is 0 Å². The Hall–Kier alpha value is -1.95. The molecule has 2 rings (SSSR count). The number of rotatable bonds is 4. The van der Waals surface area contributed by atoms with E-state index >= 15 is 0 Å². The number of ether oxygens (including phenoxy) is 3. The molecule has 0 saturated carbocycles. The van der Waals surface area contributed by atoms with E-state index in [2.05, 4.69) is 10.6 Å². The molecule has 0 spiro atoms. The molecule has 22 heavy (non-hydrogen) atoms. The zero-order valence-corrected chi connectivity index (χ0v) is 13.6. The lowest BCUT2D eigenvalue weighted by atomic mass is 10.2. The Morgan fingerprint density at radius 3 is 2.73 bits per heavy atom. The van der Waals surface area contributed by atoms with Gasteiger partial charge in [-0.15, -0.1) is 0 Å². The Labute approximate surface area is 131 Å². The van der Waals surface area contributed by atoms with Crippen molar-refractivity contribution in [1.82, 2.24) is 5.32 Å². The minimum absolute atomic E-state index is 0.104. The number of carbonyl (C=O) groups excluding carboxylic acids is 1. The molecule has 1 atom stereocenters. The molecule has 1 saturated heterocycles. The largest absolute Gasteiger partial charge is 0.497 e. The molecule has 1 amide bonds. The minimum atomic E-state index is -0.556. The lowest BCUT2D eigenvalue weighted by Gasteiger charge is -2.21. The van der Waals surface area contributed by atoms with Gasteiger partial charge in [0.25, 0.3) is 0 Å². The highest BCUT2D eigenvalue weighted by atomic mass is 16.6. The SMILES string of the molecule is COc1ccc(OC2CCNC2)c(NC(=O)OC(C)(C)C)c1. The Morgan fingerprint density at radius 1 is 1.36 bits per heavy atom. The van der Waals surface area contributed by atoms with Crippen molar-refractivity contribution in [3.8, 4) is 11.5 Å². The van der Waals surface area contributed by atoms with Gasteiger partial charge in [0, 0.05) is 12.6 Å². The molecule has 1 aliphatic heterocycles. The summed E-state index contributed by atoms with van der Waals surface area (Å²) in [6.45, 7) is 7.20. The highest BCUT2D eigenvalue weighted by Crippen LogP contribution is 2.31. The van der Waals surface area contributed by atoms with Crippen LogP contribution in [0.4, 0.5) is 10.5 Å². The molecule has 6 nitrogen and oxygen atoms in total. The van der Waals surface area contributed by atoms with Crippen LogP contribution in [0.25, 0.3) is 0 Å². The summed E-state index contributed by atoms with van der Waals surface area (Å²) in [5, 5.41) is 5.97. The van der Waals surface area contributed by atoms with Crippen LogP contribution in [-0.2, 0) is 4.74 Å². The standard InChI is InChI=1S/C16H24N2O4/c1-16(2,3)22-15(19)18-13-9-11(20-4)5-6-14(13)21-12-7-8-17-10-12/h5-6,9,12,17H,7-8,10H2,1-4H3,(H,18,19). The van der Waals surface area contributed by atoms with Crippen molar-refractivity contribution in [2.75, 3.05) is 25.5 Å². The summed E-state index contributed by atoms with van der Waals surface area (Å²) in [7, 11) is 1.58. The van der Waals surface area contributed by atoms with Crippen LogP contribution in [0.5, 0.6) is 11.5 Å². The van der Waals surface area contributed by atoms with Crippen molar-refractivity contribution in [3.63, 3.8) is 0 Å². The maximum atomic E-state index is 12.0. The van der Waals surface area contributed by atoms with E-state index in [1.165, 1.54) is 0 Å². The van der Waals surface area contributed by atoms with Crippen molar-refractivity contribution >= 4 is 11.8 Å². The number of methoxy groups -OCH3 is 1. The Balaban J connectivity index is 2.13. The fraction of sp³-hybridized carbons (Fsp3) is 0.562. The summed E-state index contributed by atoms with van der Waals surface area (Å²) in [6, 6.07) is 5.32. The summed E-state index contributed by atoms with van der Waals surface area (Å²) < 4.78 is 16.4. The summed E-state index contributed by atoms with van der Waals surface area (Å²) in [5.74, 6) is 1.25. The van der Waals surface area contributed by atoms with Gasteiger partial charge in [0.05, 0.1) is 12.8 Å². The molecule has 122 valence electrons. The van der Waals surface area contributed by atoms with Gasteiger partial charge in [-0.05, 0) is 45.9 Å². The van der Waals surface area contributed by atoms with Gasteiger partial charge < -0.3 is 19.5 Å². The molecule has 1 heterocycles. The van der Waals surface area contributed by atoms with Crippen LogP contribution in [-0.4, -0.2) is 38.0 Å². The van der Waals surface area contributed by atoms with Gasteiger partial charge in [-0.2, -0.15) is 0 Å². The molecular weight excluding hydrogens is 284 g/mol. The van der Waals surface area contributed by atoms with Gasteiger partial charge in [-0.1, -0.05) is 0 Å². The molecule has 1 unspecified atom stereocenters. The van der Waals surface area contributed by atoms with E-state index in [1.54, 1.807) is 25.3 Å². The van der Waals surface area contributed by atoms with E-state index in [4.69, 9.17) is 14.2 Å². The van der Waals surface area contributed by atoms with E-state index in [1.807, 2.05) is 20.8 Å². The smallest absolute Gasteiger partial charge is 0.412 e. The van der Waals surface area contributed by atoms with E-state index in [9.17, 15) is 4.79 Å². The Bertz CT molecular complexity index is 519. The lowest BCUT2D eigenvalue weighted by Crippen LogP contribution is -2.27. The fourth-order valence-electron chi connectivity index (χ4n) is 2.16. The van der Waals surface area contributed by atoms with Crippen molar-refractivity contribution in [1.29, 1.82) is 0 Å². The second-order valence-corrected chi connectivity index (χ2v) is 6.22. The van der Waals surface area contributed by atoms with Gasteiger partial charge in [0.2, 0.25) is 0 Å². The number of hydrogen-bond donors (Lipinski definition) is 2. The van der Waals surface area contributed by atoms with Crippen molar-refractivity contribution in [2.45, 2.75) is 38.9 Å². The van der Waals surface area contributed by atoms with Gasteiger partial charge >= 0.3 is 6.09 Å². The first-order valence-electron chi connectivity index (χ1n) is 7.43. The quantitative estimate of drug-likeness (QED) is 0.895. The maximum absolute atomic E-state index is 12.0. The monoisotopic (exact) mass is 308 g/mol. The number of nitrogens with one attached hydrogen (secondary N) is 2. The second-order valence-electron chi connectivity index (χ2n) is 6.22. The van der Waals surface area contributed by atoms with Crippen molar-refractivity contribution in [2.24, 2.45) is 0 Å². The molecule has 1 aliphatic rings. The second kappa shape index (κ2) is 6.87. The predicted molar refractivity (Wildman–Crippen MR) is 84.8 cm³/mol. The predicted octanol–water partition coefficient (Wildman–Crippen LogP) is 2.78. The first kappa shape index (κ1) is 16.4. The number of amides is 1. The third-order valence-corrected chi connectivity index (χ3v) is 3.13. The van der Waals surface area contributed by atoms with Crippen molar-refractivity contribution < 1.29 is 19.0 Å². The maximum Gasteiger partial charge on any atom is 0.412 e. The number of benzene rings is 1. The zero-order chi connectivity index (χ0) is 16.2.